The molecule has 0 aromatic heterocycles. The molecule has 0 radical (unpaired) electrons. The number of halogens is 2. The molecule has 0 heterocycles. The Bertz CT molecular complexity index is 101. The van der Waals surface area contributed by atoms with Gasteiger partial charge in [0, 0.05) is 0 Å². The van der Waals surface area contributed by atoms with E-state index in [-0.39, 0.29) is 11.2 Å². The van der Waals surface area contributed by atoms with Crippen molar-refractivity contribution in [2.45, 2.75) is 6.92 Å². The lowest BCUT2D eigenvalue weighted by Gasteiger charge is -1.74. The van der Waals surface area contributed by atoms with Crippen molar-refractivity contribution in [2.75, 3.05) is 5.33 Å². The molecule has 40 valence electrons. The van der Waals surface area contributed by atoms with Crippen LogP contribution in [0.25, 0.3) is 0 Å². The van der Waals surface area contributed by atoms with Crippen LogP contribution < -0.4 is 0 Å². The third kappa shape index (κ3) is 3.77. The molecule has 0 fully saturated rings. The van der Waals surface area contributed by atoms with Crippen LogP contribution in [0.2, 0.25) is 0 Å². The van der Waals surface area contributed by atoms with Crippen LogP contribution in [-0.2, 0) is 0 Å². The van der Waals surface area contributed by atoms with Crippen molar-refractivity contribution >= 4 is 15.9 Å². The SMILES string of the molecule is CC=C=C(F)CBr. The Balaban J connectivity index is 3.74. The van der Waals surface area contributed by atoms with Gasteiger partial charge in [0.25, 0.3) is 0 Å². The largest absolute Gasteiger partial charge is 0.202 e. The van der Waals surface area contributed by atoms with Crippen LogP contribution in [0.4, 0.5) is 4.39 Å². The summed E-state index contributed by atoms with van der Waals surface area (Å²) in [5.74, 6) is -0.262. The van der Waals surface area contributed by atoms with Gasteiger partial charge in [-0.05, 0) is 13.0 Å². The highest BCUT2D eigenvalue weighted by atomic mass is 79.9. The summed E-state index contributed by atoms with van der Waals surface area (Å²) in [6, 6.07) is 0. The van der Waals surface area contributed by atoms with Gasteiger partial charge in [0.05, 0.1) is 5.33 Å². The first-order valence-corrected chi connectivity index (χ1v) is 3.05. The van der Waals surface area contributed by atoms with E-state index in [0.717, 1.165) is 0 Å². The molecule has 0 atom stereocenters. The van der Waals surface area contributed by atoms with Gasteiger partial charge < -0.3 is 0 Å². The van der Waals surface area contributed by atoms with E-state index in [2.05, 4.69) is 21.7 Å². The second kappa shape index (κ2) is 4.10. The highest BCUT2D eigenvalue weighted by Crippen LogP contribution is 1.96. The Labute approximate surface area is 50.9 Å². The number of allylic oxidation sites excluding steroid dienone is 1. The quantitative estimate of drug-likeness (QED) is 0.413. The fourth-order valence-corrected chi connectivity index (χ4v) is 0.357. The molecule has 0 saturated heterocycles. The molecule has 0 N–H and O–H groups in total. The maximum Gasteiger partial charge on any atom is 0.152 e. The van der Waals surface area contributed by atoms with Crippen LogP contribution in [0, 0.1) is 0 Å². The van der Waals surface area contributed by atoms with Gasteiger partial charge in [-0.2, -0.15) is 0 Å². The van der Waals surface area contributed by atoms with E-state index in [0.29, 0.717) is 0 Å². The number of hydrogen-bond donors (Lipinski definition) is 0. The van der Waals surface area contributed by atoms with E-state index in [9.17, 15) is 4.39 Å². The van der Waals surface area contributed by atoms with Crippen molar-refractivity contribution in [1.29, 1.82) is 0 Å². The Kier molecular flexibility index (Phi) is 4.06. The van der Waals surface area contributed by atoms with Crippen molar-refractivity contribution in [3.63, 3.8) is 0 Å². The number of alkyl halides is 1. The van der Waals surface area contributed by atoms with Crippen molar-refractivity contribution in [2.24, 2.45) is 0 Å². The molecule has 0 unspecified atom stereocenters. The lowest BCUT2D eigenvalue weighted by Crippen LogP contribution is -1.65. The Morgan fingerprint density at radius 2 is 2.57 bits per heavy atom. The molecule has 0 aliphatic heterocycles. The molecule has 0 amide bonds. The van der Waals surface area contributed by atoms with Crippen LogP contribution in [0.5, 0.6) is 0 Å². The van der Waals surface area contributed by atoms with Gasteiger partial charge in [-0.3, -0.25) is 0 Å². The van der Waals surface area contributed by atoms with Gasteiger partial charge in [0.1, 0.15) is 0 Å². The highest BCUT2D eigenvalue weighted by Gasteiger charge is 1.81. The third-order valence-electron chi connectivity index (χ3n) is 0.418. The zero-order chi connectivity index (χ0) is 5.70. The molecule has 7 heavy (non-hydrogen) atoms. The Morgan fingerprint density at radius 1 is 2.00 bits per heavy atom. The fourth-order valence-electron chi connectivity index (χ4n) is 0.195. The first-order chi connectivity index (χ1) is 3.31. The van der Waals surface area contributed by atoms with Gasteiger partial charge in [0.2, 0.25) is 0 Å². The summed E-state index contributed by atoms with van der Waals surface area (Å²) in [6.45, 7) is 1.72. The zero-order valence-electron chi connectivity index (χ0n) is 4.04. The normalized spacial score (nSPS) is 7.29. The minimum absolute atomic E-state index is 0.261. The molecule has 0 aromatic rings. The lowest BCUT2D eigenvalue weighted by molar-refractivity contribution is 0.648. The smallest absolute Gasteiger partial charge is 0.152 e. The van der Waals surface area contributed by atoms with Gasteiger partial charge in [-0.1, -0.05) is 21.7 Å². The Morgan fingerprint density at radius 3 is 2.71 bits per heavy atom. The second-order valence-electron chi connectivity index (χ2n) is 0.972. The molecule has 0 aliphatic carbocycles. The van der Waals surface area contributed by atoms with Gasteiger partial charge in [0.15, 0.2) is 5.83 Å². The molecule has 0 nitrogen and oxygen atoms in total. The first kappa shape index (κ1) is 6.93. The Hall–Kier alpha value is -0.0700. The van der Waals surface area contributed by atoms with Crippen molar-refractivity contribution < 1.29 is 4.39 Å². The molecule has 0 saturated carbocycles. The number of hydrogen-bond acceptors (Lipinski definition) is 0. The fraction of sp³-hybridized carbons (Fsp3) is 0.400. The van der Waals surface area contributed by atoms with Crippen molar-refractivity contribution in [3.8, 4) is 0 Å². The van der Waals surface area contributed by atoms with Crippen LogP contribution in [0.3, 0.4) is 0 Å². The first-order valence-electron chi connectivity index (χ1n) is 1.93. The summed E-state index contributed by atoms with van der Waals surface area (Å²) >= 11 is 2.92. The second-order valence-corrected chi connectivity index (χ2v) is 1.53. The molecular weight excluding hydrogens is 159 g/mol. The standard InChI is InChI=1S/C5H6BrF/c1-2-3-5(7)4-6/h2H,4H2,1H3. The molecule has 0 rings (SSSR count). The third-order valence-corrected chi connectivity index (χ3v) is 0.911. The van der Waals surface area contributed by atoms with E-state index in [1.54, 1.807) is 6.92 Å². The predicted molar refractivity (Wildman–Crippen MR) is 32.2 cm³/mol. The maximum absolute atomic E-state index is 11.9. The van der Waals surface area contributed by atoms with E-state index in [1.165, 1.54) is 6.08 Å². The molecular formula is C5H6BrF. The zero-order valence-corrected chi connectivity index (χ0v) is 5.63. The number of rotatable bonds is 1. The monoisotopic (exact) mass is 164 g/mol. The molecule has 0 bridgehead atoms. The summed E-state index contributed by atoms with van der Waals surface area (Å²) in [5.41, 5.74) is 2.37. The summed E-state index contributed by atoms with van der Waals surface area (Å²) in [6.07, 6.45) is 1.54. The summed E-state index contributed by atoms with van der Waals surface area (Å²) < 4.78 is 11.9. The van der Waals surface area contributed by atoms with Crippen LogP contribution >= 0.6 is 15.9 Å². The van der Waals surface area contributed by atoms with Crippen LogP contribution in [0.1, 0.15) is 6.92 Å². The average Bonchev–Trinajstić information content (AvgIpc) is 1.68. The van der Waals surface area contributed by atoms with Gasteiger partial charge >= 0.3 is 0 Å². The van der Waals surface area contributed by atoms with Gasteiger partial charge in [-0.25, -0.2) is 4.39 Å². The molecule has 0 aliphatic rings. The molecule has 2 heteroatoms. The van der Waals surface area contributed by atoms with E-state index >= 15 is 0 Å². The van der Waals surface area contributed by atoms with Crippen molar-refractivity contribution in [3.05, 3.63) is 17.6 Å². The minimum atomic E-state index is -0.262. The molecule has 0 aromatic carbocycles. The van der Waals surface area contributed by atoms with Crippen LogP contribution in [-0.4, -0.2) is 5.33 Å². The summed E-state index contributed by atoms with van der Waals surface area (Å²) in [4.78, 5) is 0. The van der Waals surface area contributed by atoms with E-state index < -0.39 is 0 Å². The van der Waals surface area contributed by atoms with E-state index in [4.69, 9.17) is 0 Å². The highest BCUT2D eigenvalue weighted by molar-refractivity contribution is 9.09. The minimum Gasteiger partial charge on any atom is -0.202 e. The van der Waals surface area contributed by atoms with E-state index in [1.807, 2.05) is 0 Å². The topological polar surface area (TPSA) is 0 Å². The summed E-state index contributed by atoms with van der Waals surface area (Å²) in [7, 11) is 0. The van der Waals surface area contributed by atoms with Crippen molar-refractivity contribution in [1.82, 2.24) is 0 Å². The maximum atomic E-state index is 11.9. The summed E-state index contributed by atoms with van der Waals surface area (Å²) in [5, 5.41) is 0.261. The average molecular weight is 165 g/mol. The van der Waals surface area contributed by atoms with Gasteiger partial charge in [-0.15, -0.1) is 0 Å². The lowest BCUT2D eigenvalue weighted by atomic mass is 10.6. The van der Waals surface area contributed by atoms with Crippen LogP contribution in [0.15, 0.2) is 17.6 Å². The predicted octanol–water partition coefficient (Wildman–Crippen LogP) is 2.41. The molecule has 0 spiro atoms.